The smallest absolute Gasteiger partial charge is 0.209 e. The van der Waals surface area contributed by atoms with E-state index in [-0.39, 0.29) is 0 Å². The number of piperidine rings is 2. The average molecular weight is 289 g/mol. The van der Waals surface area contributed by atoms with Gasteiger partial charge in [-0.05, 0) is 39.5 Å². The fraction of sp³-hybridized carbons (Fsp3) is 1.00. The first kappa shape index (κ1) is 15.2. The zero-order valence-electron chi connectivity index (χ0n) is 12.2. The molecule has 6 heteroatoms. The van der Waals surface area contributed by atoms with E-state index in [2.05, 4.69) is 9.62 Å². The lowest BCUT2D eigenvalue weighted by Gasteiger charge is -2.50. The molecule has 112 valence electrons. The number of hydrogen-bond acceptors (Lipinski definition) is 4. The molecule has 2 fully saturated rings. The van der Waals surface area contributed by atoms with Gasteiger partial charge in [-0.2, -0.15) is 0 Å². The quantitative estimate of drug-likeness (QED) is 0.797. The van der Waals surface area contributed by atoms with Gasteiger partial charge in [0.15, 0.2) is 0 Å². The van der Waals surface area contributed by atoms with Crippen LogP contribution in [0.3, 0.4) is 0 Å². The summed E-state index contributed by atoms with van der Waals surface area (Å²) < 4.78 is 25.6. The summed E-state index contributed by atoms with van der Waals surface area (Å²) in [6.07, 6.45) is 6.98. The molecule has 2 atom stereocenters. The number of sulfonamides is 1. The molecule has 0 aliphatic carbocycles. The highest BCUT2D eigenvalue weighted by atomic mass is 32.2. The topological polar surface area (TPSA) is 75.4 Å². The monoisotopic (exact) mass is 289 g/mol. The molecule has 2 saturated heterocycles. The van der Waals surface area contributed by atoms with Crippen LogP contribution >= 0.6 is 0 Å². The zero-order valence-corrected chi connectivity index (χ0v) is 13.0. The van der Waals surface area contributed by atoms with E-state index in [0.29, 0.717) is 18.1 Å². The Morgan fingerprint density at radius 1 is 1.26 bits per heavy atom. The van der Waals surface area contributed by atoms with Crippen molar-refractivity contribution < 1.29 is 8.42 Å². The van der Waals surface area contributed by atoms with Crippen LogP contribution in [0.4, 0.5) is 0 Å². The predicted molar refractivity (Wildman–Crippen MR) is 77.4 cm³/mol. The molecule has 2 heterocycles. The summed E-state index contributed by atoms with van der Waals surface area (Å²) in [7, 11) is -3.17. The second kappa shape index (κ2) is 5.31. The molecule has 2 aliphatic rings. The lowest BCUT2D eigenvalue weighted by atomic mass is 9.81. The van der Waals surface area contributed by atoms with Crippen molar-refractivity contribution in [2.24, 2.45) is 5.73 Å². The Hall–Kier alpha value is -0.170. The van der Waals surface area contributed by atoms with E-state index in [9.17, 15) is 8.42 Å². The van der Waals surface area contributed by atoms with Gasteiger partial charge in [0.1, 0.15) is 0 Å². The Morgan fingerprint density at radius 2 is 1.79 bits per heavy atom. The molecular formula is C13H27N3O2S. The van der Waals surface area contributed by atoms with Crippen molar-refractivity contribution in [1.82, 2.24) is 9.62 Å². The molecule has 19 heavy (non-hydrogen) atoms. The van der Waals surface area contributed by atoms with Crippen LogP contribution in [0.5, 0.6) is 0 Å². The molecule has 3 N–H and O–H groups in total. The number of rotatable bonds is 4. The summed E-state index contributed by atoms with van der Waals surface area (Å²) in [6.45, 7) is 4.68. The maximum atomic E-state index is 11.4. The second-order valence-corrected chi connectivity index (χ2v) is 8.65. The Balaban J connectivity index is 2.05. The first-order valence-electron chi connectivity index (χ1n) is 7.16. The first-order valence-corrected chi connectivity index (χ1v) is 9.06. The van der Waals surface area contributed by atoms with Crippen LogP contribution in [0, 0.1) is 0 Å². The van der Waals surface area contributed by atoms with E-state index < -0.39 is 15.6 Å². The van der Waals surface area contributed by atoms with E-state index in [1.54, 1.807) is 0 Å². The second-order valence-electron chi connectivity index (χ2n) is 6.90. The largest absolute Gasteiger partial charge is 0.328 e. The predicted octanol–water partition coefficient (Wildman–Crippen LogP) is 0.658. The first-order chi connectivity index (χ1) is 8.66. The van der Waals surface area contributed by atoms with Crippen LogP contribution in [-0.2, 0) is 10.0 Å². The number of fused-ring (bicyclic) bond motifs is 2. The van der Waals surface area contributed by atoms with Gasteiger partial charge in [0.2, 0.25) is 10.0 Å². The molecule has 0 spiro atoms. The number of hydrogen-bond donors (Lipinski definition) is 2. The molecule has 0 aromatic carbocycles. The molecule has 2 aliphatic heterocycles. The summed E-state index contributed by atoms with van der Waals surface area (Å²) in [5.41, 5.74) is 5.69. The fourth-order valence-corrected chi connectivity index (χ4v) is 4.84. The minimum absolute atomic E-state index is 0.317. The SMILES string of the molecule is CC(C)(CN1C2CCCC1CC(N)C2)NS(C)(=O)=O. The third kappa shape index (κ3) is 4.15. The van der Waals surface area contributed by atoms with Gasteiger partial charge >= 0.3 is 0 Å². The van der Waals surface area contributed by atoms with Crippen molar-refractivity contribution in [3.05, 3.63) is 0 Å². The Labute approximate surface area is 117 Å². The maximum absolute atomic E-state index is 11.4. The summed E-state index contributed by atoms with van der Waals surface area (Å²) in [5, 5.41) is 0. The van der Waals surface area contributed by atoms with Crippen molar-refractivity contribution >= 4 is 10.0 Å². The lowest BCUT2D eigenvalue weighted by molar-refractivity contribution is 0.0156. The molecule has 2 rings (SSSR count). The summed E-state index contributed by atoms with van der Waals surface area (Å²) in [5.74, 6) is 0. The van der Waals surface area contributed by atoms with E-state index in [0.717, 1.165) is 19.4 Å². The van der Waals surface area contributed by atoms with E-state index in [1.165, 1.54) is 25.5 Å². The van der Waals surface area contributed by atoms with Gasteiger partial charge in [-0.15, -0.1) is 0 Å². The molecular weight excluding hydrogens is 262 g/mol. The van der Waals surface area contributed by atoms with Crippen LogP contribution in [0.15, 0.2) is 0 Å². The summed E-state index contributed by atoms with van der Waals surface area (Å²) in [6, 6.07) is 1.38. The molecule has 0 radical (unpaired) electrons. The number of nitrogens with one attached hydrogen (secondary N) is 1. The van der Waals surface area contributed by atoms with Crippen LogP contribution in [-0.4, -0.2) is 49.8 Å². The van der Waals surface area contributed by atoms with Crippen molar-refractivity contribution in [2.45, 2.75) is 69.6 Å². The van der Waals surface area contributed by atoms with Gasteiger partial charge in [-0.1, -0.05) is 6.42 Å². The van der Waals surface area contributed by atoms with E-state index >= 15 is 0 Å². The van der Waals surface area contributed by atoms with Crippen LogP contribution < -0.4 is 10.5 Å². The molecule has 2 unspecified atom stereocenters. The Morgan fingerprint density at radius 3 is 2.26 bits per heavy atom. The van der Waals surface area contributed by atoms with Gasteiger partial charge in [0.25, 0.3) is 0 Å². The van der Waals surface area contributed by atoms with E-state index in [4.69, 9.17) is 5.73 Å². The van der Waals surface area contributed by atoms with Gasteiger partial charge in [0, 0.05) is 30.2 Å². The van der Waals surface area contributed by atoms with Crippen molar-refractivity contribution in [2.75, 3.05) is 12.8 Å². The van der Waals surface area contributed by atoms with Gasteiger partial charge in [0.05, 0.1) is 6.26 Å². The molecule has 0 saturated carbocycles. The molecule has 0 aromatic heterocycles. The minimum Gasteiger partial charge on any atom is -0.328 e. The summed E-state index contributed by atoms with van der Waals surface area (Å²) in [4.78, 5) is 2.49. The lowest BCUT2D eigenvalue weighted by Crippen LogP contribution is -2.61. The van der Waals surface area contributed by atoms with Crippen LogP contribution in [0.25, 0.3) is 0 Å². The van der Waals surface area contributed by atoms with Gasteiger partial charge in [-0.25, -0.2) is 13.1 Å². The van der Waals surface area contributed by atoms with Crippen molar-refractivity contribution in [3.8, 4) is 0 Å². The van der Waals surface area contributed by atoms with Crippen molar-refractivity contribution in [1.29, 1.82) is 0 Å². The highest BCUT2D eigenvalue weighted by molar-refractivity contribution is 7.88. The van der Waals surface area contributed by atoms with Gasteiger partial charge in [-0.3, -0.25) is 4.90 Å². The Bertz CT molecular complexity index is 408. The number of nitrogens with two attached hydrogens (primary N) is 1. The minimum atomic E-state index is -3.17. The van der Waals surface area contributed by atoms with Crippen LogP contribution in [0.1, 0.15) is 46.0 Å². The molecule has 5 nitrogen and oxygen atoms in total. The third-order valence-corrected chi connectivity index (χ3v) is 5.13. The molecule has 0 amide bonds. The average Bonchev–Trinajstić information content (AvgIpc) is 2.14. The van der Waals surface area contributed by atoms with Crippen molar-refractivity contribution in [3.63, 3.8) is 0 Å². The summed E-state index contributed by atoms with van der Waals surface area (Å²) >= 11 is 0. The Kier molecular flexibility index (Phi) is 4.26. The highest BCUT2D eigenvalue weighted by Crippen LogP contribution is 2.34. The van der Waals surface area contributed by atoms with E-state index in [1.807, 2.05) is 13.8 Å². The zero-order chi connectivity index (χ0) is 14.3. The third-order valence-electron chi connectivity index (χ3n) is 4.20. The molecule has 0 aromatic rings. The number of nitrogens with zero attached hydrogens (tertiary/aromatic N) is 1. The molecule has 2 bridgehead atoms. The standard InChI is InChI=1S/C13H27N3O2S/c1-13(2,15-19(3,17)18)9-16-11-5-4-6-12(16)8-10(14)7-11/h10-12,15H,4-9,14H2,1-3H3. The van der Waals surface area contributed by atoms with Gasteiger partial charge < -0.3 is 5.73 Å². The maximum Gasteiger partial charge on any atom is 0.209 e. The normalized spacial score (nSPS) is 33.4. The van der Waals surface area contributed by atoms with Crippen LogP contribution in [0.2, 0.25) is 0 Å². The highest BCUT2D eigenvalue weighted by Gasteiger charge is 2.39. The fourth-order valence-electron chi connectivity index (χ4n) is 3.77.